The number of ether oxygens (including phenoxy) is 1. The van der Waals surface area contributed by atoms with Crippen molar-refractivity contribution in [3.8, 4) is 11.6 Å². The second-order valence-corrected chi connectivity index (χ2v) is 4.44. The van der Waals surface area contributed by atoms with E-state index in [4.69, 9.17) is 9.84 Å². The Morgan fingerprint density at radius 3 is 2.86 bits per heavy atom. The molecule has 1 heterocycles. The van der Waals surface area contributed by atoms with Crippen LogP contribution in [0, 0.1) is 17.0 Å². The van der Waals surface area contributed by atoms with Gasteiger partial charge in [-0.25, -0.2) is 4.68 Å². The van der Waals surface area contributed by atoms with Crippen LogP contribution in [0.5, 0.6) is 11.6 Å². The van der Waals surface area contributed by atoms with E-state index in [9.17, 15) is 14.9 Å². The first-order valence-corrected chi connectivity index (χ1v) is 6.05. The molecule has 1 aromatic carbocycles. The van der Waals surface area contributed by atoms with Gasteiger partial charge in [-0.05, 0) is 24.6 Å². The summed E-state index contributed by atoms with van der Waals surface area (Å²) in [6, 6.07) is 6.39. The van der Waals surface area contributed by atoms with Crippen molar-refractivity contribution < 1.29 is 19.6 Å². The zero-order valence-electron chi connectivity index (χ0n) is 11.4. The lowest BCUT2D eigenvalue weighted by atomic mass is 10.1. The predicted molar refractivity (Wildman–Crippen MR) is 72.5 cm³/mol. The van der Waals surface area contributed by atoms with Crippen LogP contribution in [0.2, 0.25) is 0 Å². The number of carboxylic acids is 1. The highest BCUT2D eigenvalue weighted by Gasteiger charge is 2.26. The summed E-state index contributed by atoms with van der Waals surface area (Å²) in [6.45, 7) is 1.52. The number of rotatable bonds is 5. The largest absolute Gasteiger partial charge is 0.481 e. The molecule has 8 nitrogen and oxygen atoms in total. The van der Waals surface area contributed by atoms with Gasteiger partial charge in [0, 0.05) is 7.05 Å². The molecule has 1 N–H and O–H groups in total. The number of carboxylic acid groups (broad SMARTS) is 1. The topological polar surface area (TPSA) is 107 Å². The molecule has 0 aliphatic carbocycles. The van der Waals surface area contributed by atoms with Gasteiger partial charge < -0.3 is 9.84 Å². The van der Waals surface area contributed by atoms with Crippen molar-refractivity contribution in [3.63, 3.8) is 0 Å². The number of nitrogens with zero attached hydrogens (tertiary/aromatic N) is 3. The van der Waals surface area contributed by atoms with Crippen LogP contribution in [0.1, 0.15) is 11.3 Å². The average Bonchev–Trinajstić information content (AvgIpc) is 2.63. The second-order valence-electron chi connectivity index (χ2n) is 4.44. The molecule has 110 valence electrons. The fourth-order valence-electron chi connectivity index (χ4n) is 1.96. The van der Waals surface area contributed by atoms with Crippen molar-refractivity contribution in [1.29, 1.82) is 0 Å². The summed E-state index contributed by atoms with van der Waals surface area (Å²) >= 11 is 0. The Hall–Kier alpha value is -2.90. The third-order valence-corrected chi connectivity index (χ3v) is 2.79. The summed E-state index contributed by atoms with van der Waals surface area (Å²) < 4.78 is 6.79. The number of aryl methyl sites for hydroxylation is 2. The maximum Gasteiger partial charge on any atom is 0.353 e. The van der Waals surface area contributed by atoms with Crippen molar-refractivity contribution in [3.05, 3.63) is 45.6 Å². The normalized spacial score (nSPS) is 10.4. The maximum atomic E-state index is 11.1. The summed E-state index contributed by atoms with van der Waals surface area (Å²) in [7, 11) is 1.54. The summed E-state index contributed by atoms with van der Waals surface area (Å²) in [5, 5.41) is 23.8. The molecule has 8 heteroatoms. The van der Waals surface area contributed by atoms with Crippen molar-refractivity contribution in [2.75, 3.05) is 0 Å². The Balaban J connectivity index is 2.34. The Bertz CT molecular complexity index is 708. The van der Waals surface area contributed by atoms with Crippen LogP contribution >= 0.6 is 0 Å². The first kappa shape index (κ1) is 14.5. The van der Waals surface area contributed by atoms with Gasteiger partial charge in [-0.15, -0.1) is 0 Å². The van der Waals surface area contributed by atoms with E-state index >= 15 is 0 Å². The molecule has 0 radical (unpaired) electrons. The van der Waals surface area contributed by atoms with Gasteiger partial charge in [0.2, 0.25) is 0 Å². The summed E-state index contributed by atoms with van der Waals surface area (Å²) in [5.41, 5.74) is 0.585. The van der Waals surface area contributed by atoms with Gasteiger partial charge in [0.05, 0.1) is 11.3 Å². The van der Waals surface area contributed by atoms with E-state index in [1.54, 1.807) is 18.2 Å². The van der Waals surface area contributed by atoms with Crippen LogP contribution in [0.25, 0.3) is 0 Å². The molecule has 21 heavy (non-hydrogen) atoms. The fourth-order valence-corrected chi connectivity index (χ4v) is 1.96. The molecule has 0 fully saturated rings. The first-order valence-electron chi connectivity index (χ1n) is 6.05. The van der Waals surface area contributed by atoms with E-state index in [2.05, 4.69) is 5.10 Å². The summed E-state index contributed by atoms with van der Waals surface area (Å²) in [5.74, 6) is -0.640. The molecule has 1 aromatic heterocycles. The highest BCUT2D eigenvalue weighted by molar-refractivity contribution is 5.70. The minimum absolute atomic E-state index is 0.00461. The third kappa shape index (κ3) is 3.16. The van der Waals surface area contributed by atoms with E-state index < -0.39 is 10.9 Å². The number of nitro groups is 1. The quantitative estimate of drug-likeness (QED) is 0.667. The highest BCUT2D eigenvalue weighted by atomic mass is 16.6. The molecular formula is C13H13N3O5. The summed E-state index contributed by atoms with van der Waals surface area (Å²) in [4.78, 5) is 21.2. The fraction of sp³-hybridized carbons (Fsp3) is 0.231. The molecule has 0 bridgehead atoms. The second kappa shape index (κ2) is 5.61. The Morgan fingerprint density at radius 1 is 1.52 bits per heavy atom. The smallest absolute Gasteiger partial charge is 0.353 e. The van der Waals surface area contributed by atoms with Crippen LogP contribution in [-0.4, -0.2) is 25.8 Å². The van der Waals surface area contributed by atoms with Crippen LogP contribution in [-0.2, 0) is 18.3 Å². The molecule has 0 saturated heterocycles. The van der Waals surface area contributed by atoms with Crippen LogP contribution < -0.4 is 4.74 Å². The van der Waals surface area contributed by atoms with Crippen LogP contribution in [0.4, 0.5) is 5.69 Å². The lowest BCUT2D eigenvalue weighted by molar-refractivity contribution is -0.386. The molecule has 0 unspecified atom stereocenters. The minimum Gasteiger partial charge on any atom is -0.481 e. The number of hydrogen-bond donors (Lipinski definition) is 1. The van der Waals surface area contributed by atoms with Gasteiger partial charge in [-0.1, -0.05) is 12.1 Å². The zero-order valence-corrected chi connectivity index (χ0v) is 11.4. The highest BCUT2D eigenvalue weighted by Crippen LogP contribution is 2.33. The molecule has 0 amide bonds. The van der Waals surface area contributed by atoms with E-state index in [1.807, 2.05) is 0 Å². The molecule has 0 atom stereocenters. The van der Waals surface area contributed by atoms with Gasteiger partial charge >= 0.3 is 11.7 Å². The van der Waals surface area contributed by atoms with Gasteiger partial charge in [0.15, 0.2) is 0 Å². The van der Waals surface area contributed by atoms with Gasteiger partial charge in [0.1, 0.15) is 11.4 Å². The Kier molecular flexibility index (Phi) is 3.88. The van der Waals surface area contributed by atoms with E-state index in [1.165, 1.54) is 24.7 Å². The molecule has 2 aromatic rings. The van der Waals surface area contributed by atoms with Crippen LogP contribution in [0.15, 0.2) is 24.3 Å². The third-order valence-electron chi connectivity index (χ3n) is 2.79. The molecule has 0 spiro atoms. The SMILES string of the molecule is Cc1nn(C)c(Oc2cccc(CC(=O)O)c2)c1[N+](=O)[O-]. The van der Waals surface area contributed by atoms with E-state index in [-0.39, 0.29) is 23.7 Å². The van der Waals surface area contributed by atoms with Crippen molar-refractivity contribution in [2.24, 2.45) is 7.05 Å². The maximum absolute atomic E-state index is 11.1. The van der Waals surface area contributed by atoms with Crippen molar-refractivity contribution in [1.82, 2.24) is 9.78 Å². The molecule has 2 rings (SSSR count). The molecule has 0 aliphatic rings. The number of hydrogen-bond acceptors (Lipinski definition) is 5. The molecule has 0 aliphatic heterocycles. The van der Waals surface area contributed by atoms with Crippen LogP contribution in [0.3, 0.4) is 0 Å². The Morgan fingerprint density at radius 2 is 2.24 bits per heavy atom. The minimum atomic E-state index is -0.963. The predicted octanol–water partition coefficient (Wildman–Crippen LogP) is 2.06. The number of aliphatic carboxylic acids is 1. The monoisotopic (exact) mass is 291 g/mol. The molecular weight excluding hydrogens is 278 g/mol. The van der Waals surface area contributed by atoms with Gasteiger partial charge in [-0.2, -0.15) is 5.10 Å². The summed E-state index contributed by atoms with van der Waals surface area (Å²) in [6.07, 6.45) is -0.149. The van der Waals surface area contributed by atoms with Crippen molar-refractivity contribution in [2.45, 2.75) is 13.3 Å². The first-order chi connectivity index (χ1) is 9.88. The number of aromatic nitrogens is 2. The van der Waals surface area contributed by atoms with Crippen molar-refractivity contribution >= 4 is 11.7 Å². The number of benzene rings is 1. The lowest BCUT2D eigenvalue weighted by Gasteiger charge is -2.06. The molecule has 0 saturated carbocycles. The van der Waals surface area contributed by atoms with E-state index in [0.717, 1.165) is 0 Å². The van der Waals surface area contributed by atoms with Gasteiger partial charge in [-0.3, -0.25) is 14.9 Å². The zero-order chi connectivity index (χ0) is 15.6. The Labute approximate surface area is 119 Å². The van der Waals surface area contributed by atoms with E-state index in [0.29, 0.717) is 11.3 Å². The number of carbonyl (C=O) groups is 1. The lowest BCUT2D eigenvalue weighted by Crippen LogP contribution is -2.01. The van der Waals surface area contributed by atoms with Gasteiger partial charge in [0.25, 0.3) is 5.88 Å². The average molecular weight is 291 g/mol. The standard InChI is InChI=1S/C13H13N3O5/c1-8-12(16(19)20)13(15(2)14-8)21-10-5-3-4-9(6-10)7-11(17)18/h3-6H,7H2,1-2H3,(H,17,18).